The van der Waals surface area contributed by atoms with Crippen LogP contribution in [0.15, 0.2) is 103 Å². The van der Waals surface area contributed by atoms with Gasteiger partial charge in [-0.3, -0.25) is 28.9 Å². The van der Waals surface area contributed by atoms with Crippen LogP contribution >= 0.6 is 0 Å². The number of aliphatic carboxylic acids is 1. The van der Waals surface area contributed by atoms with E-state index in [1.807, 2.05) is 0 Å². The van der Waals surface area contributed by atoms with E-state index in [9.17, 15) is 39.0 Å². The molecule has 3 amide bonds. The number of carbonyl (C=O) groups excluding carboxylic acids is 6. The Balaban J connectivity index is 1.56. The smallest absolute Gasteiger partial charge is 0.329 e. The lowest BCUT2D eigenvalue weighted by molar-refractivity contribution is -0.179. The summed E-state index contributed by atoms with van der Waals surface area (Å²) in [6, 6.07) is 22.2. The highest BCUT2D eigenvalue weighted by Crippen LogP contribution is 2.66. The number of ether oxygens (including phenoxy) is 5. The zero-order chi connectivity index (χ0) is 48.2. The minimum absolute atomic E-state index is 0.0317. The van der Waals surface area contributed by atoms with Gasteiger partial charge in [0.1, 0.15) is 41.9 Å². The molecule has 2 saturated heterocycles. The summed E-state index contributed by atoms with van der Waals surface area (Å²) in [4.78, 5) is 101. The predicted octanol–water partition coefficient (Wildman–Crippen LogP) is 4.42. The van der Waals surface area contributed by atoms with Gasteiger partial charge in [-0.2, -0.15) is 0 Å². The summed E-state index contributed by atoms with van der Waals surface area (Å²) in [6.07, 6.45) is -1.42. The molecule has 3 heterocycles. The summed E-state index contributed by atoms with van der Waals surface area (Å²) < 4.78 is 27.0. The molecule has 67 heavy (non-hydrogen) atoms. The van der Waals surface area contributed by atoms with Crippen LogP contribution in [0.4, 0.5) is 10.5 Å². The fourth-order valence-electron chi connectivity index (χ4n) is 9.55. The Hall–Kier alpha value is -7.55. The van der Waals surface area contributed by atoms with Crippen LogP contribution in [0.25, 0.3) is 0 Å². The molecule has 3 aliphatic rings. The van der Waals surface area contributed by atoms with Crippen LogP contribution in [0.3, 0.4) is 0 Å². The first-order valence-corrected chi connectivity index (χ1v) is 21.4. The second kappa shape index (κ2) is 19.9. The number of amides is 3. The Labute approximate surface area is 385 Å². The number of imide groups is 1. The first-order chi connectivity index (χ1) is 32.3. The number of esters is 4. The zero-order valence-electron chi connectivity index (χ0n) is 37.2. The van der Waals surface area contributed by atoms with Crippen LogP contribution in [0.1, 0.15) is 66.3 Å². The number of nitrogens with zero attached hydrogens (tertiary/aromatic N) is 2. The third kappa shape index (κ3) is 8.45. The number of rotatable bonds is 13. The number of methoxy groups -OCH3 is 3. The number of cyclic esters (lactones) is 1. The van der Waals surface area contributed by atoms with Crippen LogP contribution in [-0.4, -0.2) is 104 Å². The third-order valence-corrected chi connectivity index (χ3v) is 12.4. The van der Waals surface area contributed by atoms with Crippen molar-refractivity contribution in [3.05, 3.63) is 131 Å². The monoisotopic (exact) mass is 915 g/mol. The number of para-hydroxylation sites is 1. The highest BCUT2D eigenvalue weighted by molar-refractivity contribution is 6.25. The van der Waals surface area contributed by atoms with Gasteiger partial charge in [-0.25, -0.2) is 14.5 Å². The molecule has 1 spiro atoms. The molecule has 0 aliphatic carbocycles. The van der Waals surface area contributed by atoms with Gasteiger partial charge in [-0.1, -0.05) is 105 Å². The van der Waals surface area contributed by atoms with Crippen molar-refractivity contribution < 1.29 is 67.5 Å². The molecule has 3 aliphatic heterocycles. The number of fused-ring (bicyclic) bond motifs is 3. The van der Waals surface area contributed by atoms with Crippen LogP contribution in [-0.2, 0) is 53.1 Å². The van der Waals surface area contributed by atoms with Gasteiger partial charge in [0.05, 0.1) is 45.7 Å². The van der Waals surface area contributed by atoms with E-state index in [0.29, 0.717) is 11.1 Å². The topological polar surface area (TPSA) is 225 Å². The Kier molecular flexibility index (Phi) is 14.1. The summed E-state index contributed by atoms with van der Waals surface area (Å²) in [7, 11) is 3.36. The van der Waals surface area contributed by atoms with E-state index in [4.69, 9.17) is 23.7 Å². The van der Waals surface area contributed by atoms with E-state index in [1.54, 1.807) is 104 Å². The van der Waals surface area contributed by atoms with E-state index in [-0.39, 0.29) is 41.2 Å². The normalized spacial score (nSPS) is 22.2. The molecule has 17 heteroatoms. The first-order valence-electron chi connectivity index (χ1n) is 21.4. The van der Waals surface area contributed by atoms with Crippen molar-refractivity contribution in [1.82, 2.24) is 10.2 Å². The van der Waals surface area contributed by atoms with Crippen LogP contribution in [0, 0.1) is 29.6 Å². The van der Waals surface area contributed by atoms with E-state index in [0.717, 1.165) is 26.2 Å². The van der Waals surface area contributed by atoms with Crippen LogP contribution in [0.2, 0.25) is 0 Å². The predicted molar refractivity (Wildman–Crippen MR) is 237 cm³/mol. The molecule has 0 aromatic heterocycles. The lowest BCUT2D eigenvalue weighted by Gasteiger charge is -2.46. The quantitative estimate of drug-likeness (QED) is 0.0731. The molecule has 0 bridgehead atoms. The molecule has 4 aromatic rings. The number of carbonyl (C=O) groups is 7. The molecular weight excluding hydrogens is 867 g/mol. The maximum atomic E-state index is 16.2. The first kappa shape index (κ1) is 47.4. The number of hydrogen-bond acceptors (Lipinski definition) is 14. The number of morpholine rings is 1. The summed E-state index contributed by atoms with van der Waals surface area (Å²) in [5.74, 6) is -4.27. The minimum atomic E-state index is -2.41. The van der Waals surface area contributed by atoms with Crippen LogP contribution in [0.5, 0.6) is 5.75 Å². The van der Waals surface area contributed by atoms with Gasteiger partial charge < -0.3 is 39.2 Å². The van der Waals surface area contributed by atoms with Gasteiger partial charge in [-0.15, -0.1) is 0 Å². The van der Waals surface area contributed by atoms with E-state index in [2.05, 4.69) is 17.2 Å². The molecule has 7 rings (SSSR count). The Morgan fingerprint density at radius 2 is 1.42 bits per heavy atom. The maximum Gasteiger partial charge on any atom is 0.329 e. The Bertz CT molecular complexity index is 2610. The highest BCUT2D eigenvalue weighted by atomic mass is 16.6. The van der Waals surface area contributed by atoms with Crippen LogP contribution < -0.4 is 15.0 Å². The second-order valence-electron chi connectivity index (χ2n) is 16.4. The van der Waals surface area contributed by atoms with Crippen molar-refractivity contribution in [3.63, 3.8) is 0 Å². The largest absolute Gasteiger partial charge is 0.491 e. The number of aliphatic hydroxyl groups excluding tert-OH is 1. The highest BCUT2D eigenvalue weighted by Gasteiger charge is 2.76. The van der Waals surface area contributed by atoms with Crippen molar-refractivity contribution in [2.45, 2.75) is 56.0 Å². The van der Waals surface area contributed by atoms with Crippen molar-refractivity contribution in [1.29, 1.82) is 0 Å². The van der Waals surface area contributed by atoms with Gasteiger partial charge in [-0.05, 0) is 46.9 Å². The molecule has 0 unspecified atom stereocenters. The van der Waals surface area contributed by atoms with Gasteiger partial charge in [0.2, 0.25) is 5.91 Å². The third-order valence-electron chi connectivity index (χ3n) is 12.4. The number of nitrogens with one attached hydrogen (secondary N) is 1. The molecule has 2 fully saturated rings. The summed E-state index contributed by atoms with van der Waals surface area (Å²) in [5, 5.41) is 24.3. The number of anilines is 1. The molecule has 17 nitrogen and oxygen atoms in total. The number of aliphatic hydroxyl groups is 1. The minimum Gasteiger partial charge on any atom is -0.491 e. The van der Waals surface area contributed by atoms with E-state index >= 15 is 4.79 Å². The molecule has 348 valence electrons. The summed E-state index contributed by atoms with van der Waals surface area (Å²) >= 11 is 0. The number of benzene rings is 4. The molecule has 3 N–H and O–H groups in total. The van der Waals surface area contributed by atoms with Gasteiger partial charge in [0.25, 0.3) is 0 Å². The maximum absolute atomic E-state index is 16.2. The van der Waals surface area contributed by atoms with Crippen molar-refractivity contribution in [3.8, 4) is 17.6 Å². The van der Waals surface area contributed by atoms with Crippen molar-refractivity contribution >= 4 is 47.5 Å². The van der Waals surface area contributed by atoms with Gasteiger partial charge in [0.15, 0.2) is 5.92 Å². The van der Waals surface area contributed by atoms with Crippen molar-refractivity contribution in [2.75, 3.05) is 39.4 Å². The van der Waals surface area contributed by atoms with E-state index < -0.39 is 102 Å². The molecule has 4 aromatic carbocycles. The second-order valence-corrected chi connectivity index (χ2v) is 16.4. The van der Waals surface area contributed by atoms with Gasteiger partial charge >= 0.3 is 35.9 Å². The standard InChI is InChI=1S/C50H49N3O14/c1-28(2)38(46(59)65-5)51-49(62)52-35-24-23-29(15-14-21-33(44(57)63-3)45(58)64-4)27-34(35)50(48(52)61)37(43(55)56)40-47(60)67-41(31-18-10-7-11-19-31)39(30-16-8-6-9-17-30)53(40)42(50)32-20-12-13-22-36(32)66-26-25-54/h6-13,16-20,22-24,27-28,33,37-42,54H,21,25-26H2,1-5H3,(H,51,62)(H,55,56)/t37-,38-,39-,40-,41+,42+,50-/m0/s1. The number of carboxylic acid groups (broad SMARTS) is 1. The molecule has 0 saturated carbocycles. The average Bonchev–Trinajstić information content (AvgIpc) is 3.80. The average molecular weight is 916 g/mol. The molecule has 7 atom stereocenters. The zero-order valence-corrected chi connectivity index (χ0v) is 37.2. The van der Waals surface area contributed by atoms with Gasteiger partial charge in [0, 0.05) is 17.5 Å². The van der Waals surface area contributed by atoms with Crippen molar-refractivity contribution in [2.24, 2.45) is 17.8 Å². The molecule has 0 radical (unpaired) electrons. The lowest BCUT2D eigenvalue weighted by Crippen LogP contribution is -2.56. The number of hydrogen-bond donors (Lipinski definition) is 3. The van der Waals surface area contributed by atoms with E-state index in [1.165, 1.54) is 18.2 Å². The number of carboxylic acids is 1. The lowest BCUT2D eigenvalue weighted by atomic mass is 9.65. The summed E-state index contributed by atoms with van der Waals surface area (Å²) in [6.45, 7) is 2.70. The Morgan fingerprint density at radius 1 is 0.806 bits per heavy atom. The fourth-order valence-corrected chi connectivity index (χ4v) is 9.55. The fraction of sp³-hybridized carbons (Fsp3) is 0.340. The summed E-state index contributed by atoms with van der Waals surface area (Å²) in [5.41, 5.74) is -0.964. The number of urea groups is 1. The molecular formula is C50H49N3O14. The SMILES string of the molecule is COC(=O)C(CC#Cc1ccc2c(c1)[C@]1(C(=O)N2C(=O)N[C@H](C(=O)OC)C(C)C)[C@H](C(=O)O)[C@H]2C(=O)O[C@H](c3ccccc3)[C@H](c3ccccc3)N2[C@@H]1c1ccccc1OCCO)C(=O)OC. The Morgan fingerprint density at radius 3 is 2.01 bits per heavy atom.